The summed E-state index contributed by atoms with van der Waals surface area (Å²) in [6.07, 6.45) is 3.60. The monoisotopic (exact) mass is 442 g/mol. The van der Waals surface area contributed by atoms with Gasteiger partial charge in [-0.3, -0.25) is 4.79 Å². The molecule has 28 heavy (non-hydrogen) atoms. The van der Waals surface area contributed by atoms with Gasteiger partial charge in [-0.1, -0.05) is 0 Å². The van der Waals surface area contributed by atoms with E-state index in [0.717, 1.165) is 46.8 Å². The lowest BCUT2D eigenvalue weighted by Crippen LogP contribution is -2.30. The molecule has 2 heterocycles. The van der Waals surface area contributed by atoms with Gasteiger partial charge < -0.3 is 14.2 Å². The van der Waals surface area contributed by atoms with Crippen molar-refractivity contribution >= 4 is 50.9 Å². The van der Waals surface area contributed by atoms with Crippen LogP contribution in [0.1, 0.15) is 30.6 Å². The van der Waals surface area contributed by atoms with E-state index in [-0.39, 0.29) is 15.8 Å². The van der Waals surface area contributed by atoms with Crippen LogP contribution in [0.15, 0.2) is 12.1 Å². The van der Waals surface area contributed by atoms with Gasteiger partial charge in [0.05, 0.1) is 30.8 Å². The van der Waals surface area contributed by atoms with E-state index < -0.39 is 11.2 Å². The van der Waals surface area contributed by atoms with Crippen molar-refractivity contribution < 1.29 is 23.4 Å². The van der Waals surface area contributed by atoms with Crippen molar-refractivity contribution in [3.05, 3.63) is 22.8 Å². The number of esters is 1. The number of hydrogen-bond acceptors (Lipinski definition) is 7. The van der Waals surface area contributed by atoms with Crippen LogP contribution in [0.4, 0.5) is 4.39 Å². The summed E-state index contributed by atoms with van der Waals surface area (Å²) in [6.45, 7) is 0. The van der Waals surface area contributed by atoms with Crippen LogP contribution >= 0.6 is 34.9 Å². The van der Waals surface area contributed by atoms with Crippen molar-refractivity contribution in [1.29, 1.82) is 0 Å². The van der Waals surface area contributed by atoms with Crippen LogP contribution in [0.3, 0.4) is 0 Å². The third-order valence-electron chi connectivity index (χ3n) is 5.48. The van der Waals surface area contributed by atoms with E-state index in [1.165, 1.54) is 21.3 Å². The van der Waals surface area contributed by atoms with Crippen molar-refractivity contribution in [3.8, 4) is 11.5 Å². The molecule has 0 bridgehead atoms. The minimum Gasteiger partial charge on any atom is -0.493 e. The molecule has 0 spiro atoms. The summed E-state index contributed by atoms with van der Waals surface area (Å²) >= 11 is 5.34. The van der Waals surface area contributed by atoms with Crippen molar-refractivity contribution in [3.63, 3.8) is 0 Å². The van der Waals surface area contributed by atoms with Crippen molar-refractivity contribution in [2.24, 2.45) is 5.41 Å². The lowest BCUT2D eigenvalue weighted by molar-refractivity contribution is -0.147. The van der Waals surface area contributed by atoms with Gasteiger partial charge in [-0.15, -0.1) is 34.9 Å². The predicted molar refractivity (Wildman–Crippen MR) is 114 cm³/mol. The molecular weight excluding hydrogens is 419 g/mol. The molecule has 0 atom stereocenters. The second kappa shape index (κ2) is 7.61. The van der Waals surface area contributed by atoms with Crippen LogP contribution in [-0.4, -0.2) is 38.8 Å². The Hall–Kier alpha value is -1.12. The number of thioether (sulfide) groups is 2. The zero-order valence-electron chi connectivity index (χ0n) is 16.1. The molecular formula is C20H23FO4S3. The molecule has 8 heteroatoms. The van der Waals surface area contributed by atoms with Gasteiger partial charge in [0.2, 0.25) is 0 Å². The SMILES string of the molecule is COC(=O)C1(CC2(c3cc4c(F)c(OC)c(OC)cc4s3)SCCCS2)CC1. The molecule has 1 saturated carbocycles. The number of fused-ring (bicyclic) bond motifs is 1. The maximum atomic E-state index is 15.1. The molecule has 4 nitrogen and oxygen atoms in total. The van der Waals surface area contributed by atoms with Gasteiger partial charge in [-0.2, -0.15) is 0 Å². The van der Waals surface area contributed by atoms with E-state index >= 15 is 4.39 Å². The van der Waals surface area contributed by atoms with Gasteiger partial charge in [-0.25, -0.2) is 4.39 Å². The van der Waals surface area contributed by atoms with Crippen molar-refractivity contribution in [1.82, 2.24) is 0 Å². The van der Waals surface area contributed by atoms with Crippen LogP contribution in [0.25, 0.3) is 10.1 Å². The maximum Gasteiger partial charge on any atom is 0.311 e. The third kappa shape index (κ3) is 3.27. The Kier molecular flexibility index (Phi) is 5.48. The molecule has 1 saturated heterocycles. The number of halogens is 1. The molecule has 0 radical (unpaired) electrons. The average molecular weight is 443 g/mol. The Morgan fingerprint density at radius 2 is 1.86 bits per heavy atom. The van der Waals surface area contributed by atoms with E-state index in [2.05, 4.69) is 0 Å². The topological polar surface area (TPSA) is 44.8 Å². The largest absolute Gasteiger partial charge is 0.493 e. The van der Waals surface area contributed by atoms with Gasteiger partial charge in [0, 0.05) is 21.0 Å². The number of benzene rings is 1. The molecule has 1 aliphatic carbocycles. The first-order chi connectivity index (χ1) is 13.5. The summed E-state index contributed by atoms with van der Waals surface area (Å²) in [4.78, 5) is 13.5. The molecule has 1 aromatic heterocycles. The fourth-order valence-electron chi connectivity index (χ4n) is 3.80. The number of thiophene rings is 1. The number of ether oxygens (including phenoxy) is 3. The zero-order valence-corrected chi connectivity index (χ0v) is 18.6. The third-order valence-corrected chi connectivity index (χ3v) is 10.3. The minimum atomic E-state index is -0.394. The minimum absolute atomic E-state index is 0.116. The second-order valence-electron chi connectivity index (χ2n) is 7.20. The number of carbonyl (C=O) groups is 1. The van der Waals surface area contributed by atoms with E-state index in [1.54, 1.807) is 11.3 Å². The highest BCUT2D eigenvalue weighted by atomic mass is 32.2. The fraction of sp³-hybridized carbons (Fsp3) is 0.550. The van der Waals surface area contributed by atoms with Crippen LogP contribution < -0.4 is 9.47 Å². The van der Waals surface area contributed by atoms with Crippen LogP contribution in [-0.2, 0) is 13.6 Å². The highest BCUT2D eigenvalue weighted by Gasteiger charge is 2.57. The van der Waals surface area contributed by atoms with Crippen LogP contribution in [0.2, 0.25) is 0 Å². The van der Waals surface area contributed by atoms with E-state index in [0.29, 0.717) is 11.1 Å². The number of methoxy groups -OCH3 is 3. The molecule has 0 unspecified atom stereocenters. The highest BCUT2D eigenvalue weighted by molar-refractivity contribution is 8.18. The van der Waals surface area contributed by atoms with E-state index in [4.69, 9.17) is 14.2 Å². The molecule has 2 aliphatic rings. The van der Waals surface area contributed by atoms with Crippen LogP contribution in [0.5, 0.6) is 11.5 Å². The smallest absolute Gasteiger partial charge is 0.311 e. The standard InChI is InChI=1S/C20H23FO4S3/c1-23-13-10-14-12(16(21)17(13)24-2)9-15(28-14)20(26-7-4-8-27-20)11-19(5-6-19)18(22)25-3/h9-10H,4-8,11H2,1-3H3. The lowest BCUT2D eigenvalue weighted by Gasteiger charge is -2.37. The molecule has 2 fully saturated rings. The fourth-order valence-corrected chi connectivity index (χ4v) is 8.88. The van der Waals surface area contributed by atoms with Gasteiger partial charge in [0.25, 0.3) is 0 Å². The normalized spacial score (nSPS) is 20.0. The van der Waals surface area contributed by atoms with Crippen molar-refractivity contribution in [2.45, 2.75) is 29.8 Å². The Balaban J connectivity index is 1.80. The van der Waals surface area contributed by atoms with Gasteiger partial charge >= 0.3 is 5.97 Å². The summed E-state index contributed by atoms with van der Waals surface area (Å²) in [7, 11) is 4.42. The first kappa shape index (κ1) is 20.2. The average Bonchev–Trinajstić information content (AvgIpc) is 3.35. The zero-order chi connectivity index (χ0) is 19.9. The quantitative estimate of drug-likeness (QED) is 0.557. The first-order valence-corrected chi connectivity index (χ1v) is 12.0. The summed E-state index contributed by atoms with van der Waals surface area (Å²) in [5.41, 5.74) is -0.393. The molecule has 2 aromatic rings. The number of carbonyl (C=O) groups excluding carboxylic acids is 1. The Bertz CT molecular complexity index is 900. The Morgan fingerprint density at radius 1 is 1.14 bits per heavy atom. The molecule has 1 aromatic carbocycles. The summed E-state index contributed by atoms with van der Waals surface area (Å²) in [5, 5.41) is 0.548. The van der Waals surface area contributed by atoms with E-state index in [9.17, 15) is 4.79 Å². The van der Waals surface area contributed by atoms with Gasteiger partial charge in [0.15, 0.2) is 17.3 Å². The van der Waals surface area contributed by atoms with Gasteiger partial charge in [0.1, 0.15) is 0 Å². The molecule has 4 rings (SSSR count). The molecule has 152 valence electrons. The van der Waals surface area contributed by atoms with Crippen molar-refractivity contribution in [2.75, 3.05) is 32.8 Å². The number of rotatable bonds is 6. The maximum absolute atomic E-state index is 15.1. The van der Waals surface area contributed by atoms with Crippen LogP contribution in [0, 0.1) is 11.2 Å². The molecule has 0 N–H and O–H groups in total. The Labute approximate surface area is 176 Å². The van der Waals surface area contributed by atoms with E-state index in [1.807, 2.05) is 35.7 Å². The molecule has 1 aliphatic heterocycles. The number of hydrogen-bond donors (Lipinski definition) is 0. The lowest BCUT2D eigenvalue weighted by atomic mass is 9.98. The summed E-state index contributed by atoms with van der Waals surface area (Å²) in [6, 6.07) is 3.78. The highest BCUT2D eigenvalue weighted by Crippen LogP contribution is 2.64. The predicted octanol–water partition coefficient (Wildman–Crippen LogP) is 5.42. The summed E-state index contributed by atoms with van der Waals surface area (Å²) < 4.78 is 31.3. The van der Waals surface area contributed by atoms with Gasteiger partial charge in [-0.05, 0) is 43.3 Å². The second-order valence-corrected chi connectivity index (χ2v) is 11.3. The summed E-state index contributed by atoms with van der Waals surface area (Å²) in [5.74, 6) is 2.09. The molecule has 0 amide bonds. The Morgan fingerprint density at radius 3 is 2.43 bits per heavy atom. The first-order valence-electron chi connectivity index (χ1n) is 9.19.